The summed E-state index contributed by atoms with van der Waals surface area (Å²) in [5.41, 5.74) is 0. The largest absolute Gasteiger partial charge is 0.314 e. The first kappa shape index (κ1) is 14.8. The fourth-order valence-corrected chi connectivity index (χ4v) is 4.29. The Balaban J connectivity index is 1.20. The molecule has 2 atom stereocenters. The van der Waals surface area contributed by atoms with Crippen LogP contribution in [0, 0.1) is 11.8 Å². The molecule has 3 rings (SSSR count). The molecule has 0 aromatic rings. The molecule has 0 spiro atoms. The van der Waals surface area contributed by atoms with Gasteiger partial charge in [0.25, 0.3) is 0 Å². The Morgan fingerprint density at radius 3 is 2.45 bits per heavy atom. The minimum atomic E-state index is 0.895. The number of piperidine rings is 1. The summed E-state index contributed by atoms with van der Waals surface area (Å²) in [4.78, 5) is 2.77. The van der Waals surface area contributed by atoms with E-state index in [9.17, 15) is 0 Å². The SMILES string of the molecule is C(CCCN1CCC2CCCCC2C1)CCNC1CC1. The molecule has 0 bridgehead atoms. The van der Waals surface area contributed by atoms with Gasteiger partial charge in [-0.1, -0.05) is 32.1 Å². The van der Waals surface area contributed by atoms with E-state index in [0.29, 0.717) is 0 Å². The highest BCUT2D eigenvalue weighted by molar-refractivity contribution is 4.83. The van der Waals surface area contributed by atoms with Crippen LogP contribution in [-0.4, -0.2) is 37.1 Å². The summed E-state index contributed by atoms with van der Waals surface area (Å²) in [5, 5.41) is 3.62. The molecule has 1 heterocycles. The van der Waals surface area contributed by atoms with Crippen LogP contribution >= 0.6 is 0 Å². The van der Waals surface area contributed by atoms with E-state index in [1.54, 1.807) is 0 Å². The minimum absolute atomic E-state index is 0.895. The smallest absolute Gasteiger partial charge is 0.00682 e. The molecule has 3 fully saturated rings. The second-order valence-electron chi connectivity index (χ2n) is 7.54. The summed E-state index contributed by atoms with van der Waals surface area (Å²) in [6.45, 7) is 5.45. The first-order valence-corrected chi connectivity index (χ1v) is 9.37. The number of rotatable bonds is 8. The van der Waals surface area contributed by atoms with E-state index in [0.717, 1.165) is 17.9 Å². The zero-order chi connectivity index (χ0) is 13.6. The molecule has 1 saturated heterocycles. The summed E-state index contributed by atoms with van der Waals surface area (Å²) in [6, 6.07) is 0.895. The highest BCUT2D eigenvalue weighted by atomic mass is 15.1. The van der Waals surface area contributed by atoms with Crippen molar-refractivity contribution in [2.75, 3.05) is 26.2 Å². The van der Waals surface area contributed by atoms with E-state index in [-0.39, 0.29) is 0 Å². The van der Waals surface area contributed by atoms with Crippen molar-refractivity contribution in [3.63, 3.8) is 0 Å². The van der Waals surface area contributed by atoms with Crippen LogP contribution in [0.15, 0.2) is 0 Å². The Hall–Kier alpha value is -0.0800. The molecule has 116 valence electrons. The van der Waals surface area contributed by atoms with Gasteiger partial charge < -0.3 is 10.2 Å². The molecule has 3 aliphatic rings. The lowest BCUT2D eigenvalue weighted by Crippen LogP contribution is -2.42. The van der Waals surface area contributed by atoms with Gasteiger partial charge in [-0.15, -0.1) is 0 Å². The van der Waals surface area contributed by atoms with Crippen LogP contribution in [-0.2, 0) is 0 Å². The topological polar surface area (TPSA) is 15.3 Å². The first-order valence-electron chi connectivity index (χ1n) is 9.37. The van der Waals surface area contributed by atoms with Crippen LogP contribution in [0.4, 0.5) is 0 Å². The third kappa shape index (κ3) is 4.73. The van der Waals surface area contributed by atoms with Crippen molar-refractivity contribution >= 4 is 0 Å². The van der Waals surface area contributed by atoms with Gasteiger partial charge in [0.15, 0.2) is 0 Å². The normalized spacial score (nSPS) is 31.2. The van der Waals surface area contributed by atoms with Crippen molar-refractivity contribution in [2.24, 2.45) is 11.8 Å². The molecule has 1 N–H and O–H groups in total. The third-order valence-electron chi connectivity index (χ3n) is 5.79. The molecular weight excluding hydrogens is 244 g/mol. The molecule has 2 unspecified atom stereocenters. The molecule has 1 aliphatic heterocycles. The average molecular weight is 278 g/mol. The summed E-state index contributed by atoms with van der Waals surface area (Å²) in [7, 11) is 0. The van der Waals surface area contributed by atoms with Gasteiger partial charge in [-0.25, -0.2) is 0 Å². The summed E-state index contributed by atoms with van der Waals surface area (Å²) in [5.74, 6) is 2.15. The zero-order valence-corrected chi connectivity index (χ0v) is 13.3. The molecule has 0 aromatic heterocycles. The van der Waals surface area contributed by atoms with E-state index in [4.69, 9.17) is 0 Å². The maximum Gasteiger partial charge on any atom is 0.00682 e. The second kappa shape index (κ2) is 7.79. The molecule has 2 nitrogen and oxygen atoms in total. The zero-order valence-electron chi connectivity index (χ0n) is 13.3. The van der Waals surface area contributed by atoms with Gasteiger partial charge in [0.2, 0.25) is 0 Å². The molecular formula is C18H34N2. The van der Waals surface area contributed by atoms with Gasteiger partial charge in [-0.2, -0.15) is 0 Å². The summed E-state index contributed by atoms with van der Waals surface area (Å²) in [6.07, 6.45) is 16.1. The van der Waals surface area contributed by atoms with E-state index in [2.05, 4.69) is 10.2 Å². The number of fused-ring (bicyclic) bond motifs is 1. The fourth-order valence-electron chi connectivity index (χ4n) is 4.29. The maximum absolute atomic E-state index is 3.62. The predicted molar refractivity (Wildman–Crippen MR) is 86.0 cm³/mol. The summed E-state index contributed by atoms with van der Waals surface area (Å²) < 4.78 is 0. The van der Waals surface area contributed by atoms with Gasteiger partial charge in [0.1, 0.15) is 0 Å². The monoisotopic (exact) mass is 278 g/mol. The van der Waals surface area contributed by atoms with Crippen molar-refractivity contribution < 1.29 is 0 Å². The number of likely N-dealkylation sites (tertiary alicyclic amines) is 1. The lowest BCUT2D eigenvalue weighted by molar-refractivity contribution is 0.0856. The molecule has 0 radical (unpaired) electrons. The van der Waals surface area contributed by atoms with Crippen molar-refractivity contribution in [1.29, 1.82) is 0 Å². The Morgan fingerprint density at radius 1 is 0.800 bits per heavy atom. The Kier molecular flexibility index (Phi) is 5.78. The number of hydrogen-bond donors (Lipinski definition) is 1. The van der Waals surface area contributed by atoms with Gasteiger partial charge >= 0.3 is 0 Å². The Morgan fingerprint density at radius 2 is 1.60 bits per heavy atom. The highest BCUT2D eigenvalue weighted by Gasteiger charge is 2.30. The van der Waals surface area contributed by atoms with Crippen molar-refractivity contribution in [1.82, 2.24) is 10.2 Å². The Bertz CT molecular complexity index is 275. The van der Waals surface area contributed by atoms with E-state index in [1.807, 2.05) is 0 Å². The van der Waals surface area contributed by atoms with Gasteiger partial charge in [0.05, 0.1) is 0 Å². The average Bonchev–Trinajstić information content (AvgIpc) is 3.30. The van der Waals surface area contributed by atoms with Crippen molar-refractivity contribution in [2.45, 2.75) is 76.7 Å². The lowest BCUT2D eigenvalue weighted by atomic mass is 9.75. The van der Waals surface area contributed by atoms with Crippen molar-refractivity contribution in [3.8, 4) is 0 Å². The van der Waals surface area contributed by atoms with Gasteiger partial charge in [0, 0.05) is 12.6 Å². The number of nitrogens with zero attached hydrogens (tertiary/aromatic N) is 1. The first-order chi connectivity index (χ1) is 9.92. The van der Waals surface area contributed by atoms with Gasteiger partial charge in [-0.3, -0.25) is 0 Å². The number of unbranched alkanes of at least 4 members (excludes halogenated alkanes) is 3. The molecule has 0 amide bonds. The predicted octanol–water partition coefficient (Wildman–Crippen LogP) is 3.81. The fraction of sp³-hybridized carbons (Fsp3) is 1.00. The summed E-state index contributed by atoms with van der Waals surface area (Å²) >= 11 is 0. The molecule has 0 aromatic carbocycles. The van der Waals surface area contributed by atoms with Crippen LogP contribution in [0.2, 0.25) is 0 Å². The van der Waals surface area contributed by atoms with E-state index < -0.39 is 0 Å². The third-order valence-corrected chi connectivity index (χ3v) is 5.79. The molecule has 2 heteroatoms. The minimum Gasteiger partial charge on any atom is -0.314 e. The molecule has 2 aliphatic carbocycles. The van der Waals surface area contributed by atoms with Crippen LogP contribution in [0.25, 0.3) is 0 Å². The highest BCUT2D eigenvalue weighted by Crippen LogP contribution is 2.36. The quantitative estimate of drug-likeness (QED) is 0.679. The van der Waals surface area contributed by atoms with E-state index >= 15 is 0 Å². The van der Waals surface area contributed by atoms with Crippen LogP contribution in [0.3, 0.4) is 0 Å². The standard InChI is InChI=1S/C18H34N2/c1(5-12-19-18-9-10-18)2-6-13-20-14-11-16-7-3-4-8-17(16)15-20/h16-19H,1-15H2. The molecule has 2 saturated carbocycles. The second-order valence-corrected chi connectivity index (χ2v) is 7.54. The van der Waals surface area contributed by atoms with Gasteiger partial charge in [-0.05, 0) is 70.0 Å². The van der Waals surface area contributed by atoms with Crippen molar-refractivity contribution in [3.05, 3.63) is 0 Å². The number of hydrogen-bond acceptors (Lipinski definition) is 2. The molecule has 20 heavy (non-hydrogen) atoms. The lowest BCUT2D eigenvalue weighted by Gasteiger charge is -2.41. The number of nitrogens with one attached hydrogen (secondary N) is 1. The van der Waals surface area contributed by atoms with Crippen LogP contribution in [0.1, 0.15) is 70.6 Å². The maximum atomic E-state index is 3.62. The Labute approximate surface area is 125 Å². The van der Waals surface area contributed by atoms with Crippen LogP contribution < -0.4 is 5.32 Å². The van der Waals surface area contributed by atoms with E-state index in [1.165, 1.54) is 96.8 Å². The van der Waals surface area contributed by atoms with Crippen LogP contribution in [0.5, 0.6) is 0 Å².